The third-order valence-corrected chi connectivity index (χ3v) is 7.07. The number of amides is 1. The second-order valence-electron chi connectivity index (χ2n) is 7.39. The third kappa shape index (κ3) is 4.70. The molecule has 146 valence electrons. The monoisotopic (exact) mass is 451 g/mol. The maximum Gasteiger partial charge on any atom is 0.231 e. The number of hydrogen-bond acceptors (Lipinski definition) is 5. The van der Waals surface area contributed by atoms with Crippen molar-refractivity contribution < 1.29 is 9.53 Å². The fourth-order valence-corrected chi connectivity index (χ4v) is 5.49. The summed E-state index contributed by atoms with van der Waals surface area (Å²) in [6.45, 7) is 5.03. The van der Waals surface area contributed by atoms with Crippen LogP contribution in [0.2, 0.25) is 0 Å². The maximum atomic E-state index is 13.4. The van der Waals surface area contributed by atoms with Crippen molar-refractivity contribution >= 4 is 48.5 Å². The number of aromatic nitrogens is 1. The molecule has 7 heteroatoms. The quantitative estimate of drug-likeness (QED) is 0.679. The summed E-state index contributed by atoms with van der Waals surface area (Å²) in [6, 6.07) is 6.11. The van der Waals surface area contributed by atoms with Crippen LogP contribution < -0.4 is 4.90 Å². The fraction of sp³-hybridized carbons (Fsp3) is 0.600. The molecule has 0 bridgehead atoms. The van der Waals surface area contributed by atoms with E-state index in [4.69, 9.17) is 9.72 Å². The summed E-state index contributed by atoms with van der Waals surface area (Å²) >= 11 is 5.15. The topological polar surface area (TPSA) is 45.7 Å². The lowest BCUT2D eigenvalue weighted by Crippen LogP contribution is -2.45. The van der Waals surface area contributed by atoms with Gasteiger partial charge in [-0.05, 0) is 31.0 Å². The number of carbonyl (C=O) groups excluding carboxylic acids is 1. The van der Waals surface area contributed by atoms with Gasteiger partial charge in [-0.3, -0.25) is 14.6 Å². The Bertz CT molecular complexity index is 785. The minimum atomic E-state index is 0.155. The van der Waals surface area contributed by atoms with Crippen molar-refractivity contribution in [3.63, 3.8) is 0 Å². The van der Waals surface area contributed by atoms with Gasteiger partial charge in [0.15, 0.2) is 5.13 Å². The number of halogens is 1. The number of benzene rings is 1. The molecule has 1 aromatic carbocycles. The van der Waals surface area contributed by atoms with E-state index in [0.29, 0.717) is 6.54 Å². The molecule has 2 aliphatic rings. The minimum absolute atomic E-state index is 0.155. The molecule has 2 fully saturated rings. The van der Waals surface area contributed by atoms with Crippen LogP contribution in [0.5, 0.6) is 0 Å². The predicted molar refractivity (Wildman–Crippen MR) is 114 cm³/mol. The third-order valence-electron chi connectivity index (χ3n) is 5.53. The van der Waals surface area contributed by atoms with Crippen molar-refractivity contribution in [2.45, 2.75) is 32.1 Å². The first-order valence-corrected chi connectivity index (χ1v) is 11.5. The van der Waals surface area contributed by atoms with Crippen LogP contribution in [-0.2, 0) is 9.53 Å². The van der Waals surface area contributed by atoms with Gasteiger partial charge in [-0.25, -0.2) is 4.98 Å². The van der Waals surface area contributed by atoms with Crippen LogP contribution in [0.1, 0.15) is 32.1 Å². The summed E-state index contributed by atoms with van der Waals surface area (Å²) < 4.78 is 7.61. The van der Waals surface area contributed by atoms with Crippen LogP contribution in [0.15, 0.2) is 22.7 Å². The highest BCUT2D eigenvalue weighted by atomic mass is 79.9. The molecule has 1 aromatic heterocycles. The fourth-order valence-electron chi connectivity index (χ4n) is 3.94. The Morgan fingerprint density at radius 1 is 1.26 bits per heavy atom. The highest BCUT2D eigenvalue weighted by Gasteiger charge is 2.29. The Kier molecular flexibility index (Phi) is 6.42. The van der Waals surface area contributed by atoms with Crippen LogP contribution in [0.4, 0.5) is 5.13 Å². The molecule has 1 amide bonds. The Morgan fingerprint density at radius 3 is 2.81 bits per heavy atom. The number of thiazole rings is 1. The molecule has 5 nitrogen and oxygen atoms in total. The van der Waals surface area contributed by atoms with Crippen molar-refractivity contribution in [1.29, 1.82) is 0 Å². The predicted octanol–water partition coefficient (Wildman–Crippen LogP) is 4.30. The number of carbonyl (C=O) groups is 1. The van der Waals surface area contributed by atoms with E-state index < -0.39 is 0 Å². The standard InChI is InChI=1S/C20H26BrN3O2S/c21-16-6-7-17-18(14-16)27-20(22-17)24(9-8-23-10-12-26-13-11-23)19(25)15-4-2-1-3-5-15/h6-7,14-15H,1-5,8-13H2. The van der Waals surface area contributed by atoms with Crippen LogP contribution >= 0.6 is 27.3 Å². The normalized spacial score (nSPS) is 19.4. The lowest BCUT2D eigenvalue weighted by atomic mass is 9.88. The SMILES string of the molecule is O=C(C1CCCCC1)N(CCN1CCOCC1)c1nc2ccc(Br)cc2s1. The van der Waals surface area contributed by atoms with E-state index in [-0.39, 0.29) is 11.8 Å². The number of anilines is 1. The zero-order valence-corrected chi connectivity index (χ0v) is 17.9. The highest BCUT2D eigenvalue weighted by molar-refractivity contribution is 9.10. The number of hydrogen-bond donors (Lipinski definition) is 0. The lowest BCUT2D eigenvalue weighted by Gasteiger charge is -2.31. The van der Waals surface area contributed by atoms with Crippen LogP contribution in [0.25, 0.3) is 10.2 Å². The van der Waals surface area contributed by atoms with Gasteiger partial charge in [-0.15, -0.1) is 0 Å². The molecular formula is C20H26BrN3O2S. The Hall–Kier alpha value is -1.02. The van der Waals surface area contributed by atoms with E-state index in [1.807, 2.05) is 17.0 Å². The summed E-state index contributed by atoms with van der Waals surface area (Å²) in [5, 5.41) is 0.840. The van der Waals surface area contributed by atoms with E-state index >= 15 is 0 Å². The zero-order valence-electron chi connectivity index (χ0n) is 15.5. The zero-order chi connectivity index (χ0) is 18.6. The van der Waals surface area contributed by atoms with Crippen LogP contribution in [0.3, 0.4) is 0 Å². The van der Waals surface area contributed by atoms with Crippen LogP contribution in [-0.4, -0.2) is 55.2 Å². The summed E-state index contributed by atoms with van der Waals surface area (Å²) in [5.41, 5.74) is 0.964. The van der Waals surface area contributed by atoms with Gasteiger partial charge in [0.2, 0.25) is 5.91 Å². The summed E-state index contributed by atoms with van der Waals surface area (Å²) in [6.07, 6.45) is 5.63. The van der Waals surface area contributed by atoms with Crippen LogP contribution in [0, 0.1) is 5.92 Å². The Morgan fingerprint density at radius 2 is 2.04 bits per heavy atom. The average molecular weight is 452 g/mol. The molecule has 2 heterocycles. The van der Waals surface area contributed by atoms with Crippen molar-refractivity contribution in [3.05, 3.63) is 22.7 Å². The number of morpholine rings is 1. The van der Waals surface area contributed by atoms with Gasteiger partial charge in [-0.1, -0.05) is 46.5 Å². The first kappa shape index (κ1) is 19.3. The summed E-state index contributed by atoms with van der Waals surface area (Å²) in [4.78, 5) is 22.5. The Labute approximate surface area is 172 Å². The van der Waals surface area contributed by atoms with Gasteiger partial charge in [0.25, 0.3) is 0 Å². The molecule has 0 atom stereocenters. The molecule has 4 rings (SSSR count). The van der Waals surface area contributed by atoms with E-state index in [9.17, 15) is 4.79 Å². The molecule has 0 radical (unpaired) electrons. The van der Waals surface area contributed by atoms with Gasteiger partial charge in [0.1, 0.15) is 0 Å². The molecule has 2 aromatic rings. The van der Waals surface area contributed by atoms with Gasteiger partial charge >= 0.3 is 0 Å². The van der Waals surface area contributed by atoms with Gasteiger partial charge in [0.05, 0.1) is 23.4 Å². The second-order valence-corrected chi connectivity index (χ2v) is 9.31. The van der Waals surface area contributed by atoms with Gasteiger partial charge < -0.3 is 4.74 Å². The summed E-state index contributed by atoms with van der Waals surface area (Å²) in [7, 11) is 0. The Balaban J connectivity index is 1.56. The smallest absolute Gasteiger partial charge is 0.231 e. The number of ether oxygens (including phenoxy) is 1. The molecule has 0 unspecified atom stereocenters. The average Bonchev–Trinajstić information content (AvgIpc) is 3.12. The maximum absolute atomic E-state index is 13.4. The van der Waals surface area contributed by atoms with Crippen molar-refractivity contribution in [3.8, 4) is 0 Å². The largest absolute Gasteiger partial charge is 0.379 e. The van der Waals surface area contributed by atoms with Gasteiger partial charge in [-0.2, -0.15) is 0 Å². The highest BCUT2D eigenvalue weighted by Crippen LogP contribution is 2.33. The number of fused-ring (bicyclic) bond motifs is 1. The van der Waals surface area contributed by atoms with E-state index in [1.165, 1.54) is 19.3 Å². The van der Waals surface area contributed by atoms with E-state index in [0.717, 1.165) is 65.5 Å². The molecule has 0 N–H and O–H groups in total. The first-order valence-electron chi connectivity index (χ1n) is 9.88. The molecule has 1 saturated heterocycles. The van der Waals surface area contributed by atoms with Crippen molar-refractivity contribution in [2.75, 3.05) is 44.3 Å². The molecule has 0 spiro atoms. The molecule has 27 heavy (non-hydrogen) atoms. The first-order chi connectivity index (χ1) is 13.2. The second kappa shape index (κ2) is 8.99. The molecular weight excluding hydrogens is 426 g/mol. The van der Waals surface area contributed by atoms with E-state index in [1.54, 1.807) is 11.3 Å². The minimum Gasteiger partial charge on any atom is -0.379 e. The summed E-state index contributed by atoms with van der Waals surface area (Å²) in [5.74, 6) is 0.420. The van der Waals surface area contributed by atoms with Gasteiger partial charge in [0, 0.05) is 36.6 Å². The number of rotatable bonds is 5. The molecule has 1 aliphatic carbocycles. The van der Waals surface area contributed by atoms with E-state index in [2.05, 4.69) is 26.9 Å². The van der Waals surface area contributed by atoms with Crippen molar-refractivity contribution in [2.24, 2.45) is 5.92 Å². The molecule has 1 aliphatic heterocycles. The lowest BCUT2D eigenvalue weighted by molar-refractivity contribution is -0.123. The number of nitrogens with zero attached hydrogens (tertiary/aromatic N) is 3. The molecule has 1 saturated carbocycles. The van der Waals surface area contributed by atoms with Crippen molar-refractivity contribution in [1.82, 2.24) is 9.88 Å².